The molecule has 19 heavy (non-hydrogen) atoms. The maximum absolute atomic E-state index is 12.4. The Kier molecular flexibility index (Phi) is 3.62. The predicted octanol–water partition coefficient (Wildman–Crippen LogP) is 2.93. The Morgan fingerprint density at radius 3 is 2.84 bits per heavy atom. The lowest BCUT2D eigenvalue weighted by Crippen LogP contribution is -2.33. The van der Waals surface area contributed by atoms with E-state index in [-0.39, 0.29) is 0 Å². The van der Waals surface area contributed by atoms with Gasteiger partial charge in [0.05, 0.1) is 12.2 Å². The fourth-order valence-electron chi connectivity index (χ4n) is 2.68. The fourth-order valence-corrected chi connectivity index (χ4v) is 2.68. The van der Waals surface area contributed by atoms with Gasteiger partial charge >= 0.3 is 0 Å². The van der Waals surface area contributed by atoms with Crippen molar-refractivity contribution in [1.82, 2.24) is 9.88 Å². The van der Waals surface area contributed by atoms with Crippen LogP contribution in [0.15, 0.2) is 36.5 Å². The van der Waals surface area contributed by atoms with E-state index in [0.717, 1.165) is 31.4 Å². The molecule has 2 aliphatic rings. The molecule has 0 spiro atoms. The lowest BCUT2D eigenvalue weighted by molar-refractivity contribution is -0.133. The second-order valence-electron chi connectivity index (χ2n) is 5.54. The number of carbonyl (C=O) groups excluding carboxylic acids is 1. The van der Waals surface area contributed by atoms with E-state index in [1.165, 1.54) is 0 Å². The van der Waals surface area contributed by atoms with Gasteiger partial charge in [-0.2, -0.15) is 0 Å². The maximum Gasteiger partial charge on any atom is 0.223 e. The summed E-state index contributed by atoms with van der Waals surface area (Å²) in [5.41, 5.74) is 0.990. The summed E-state index contributed by atoms with van der Waals surface area (Å²) >= 11 is 0. The monoisotopic (exact) mass is 256 g/mol. The maximum atomic E-state index is 12.4. The van der Waals surface area contributed by atoms with E-state index in [0.29, 0.717) is 30.8 Å². The van der Waals surface area contributed by atoms with Gasteiger partial charge in [0.25, 0.3) is 0 Å². The highest BCUT2D eigenvalue weighted by atomic mass is 16.2. The van der Waals surface area contributed by atoms with Crippen molar-refractivity contribution in [3.63, 3.8) is 0 Å². The van der Waals surface area contributed by atoms with Crippen LogP contribution in [-0.4, -0.2) is 21.8 Å². The molecule has 1 saturated carbocycles. The SMILES string of the molecule is O=C(CC1C=CCC1)N(Cc1ccccn1)C1CC1. The van der Waals surface area contributed by atoms with Crippen LogP contribution in [0, 0.1) is 5.92 Å². The summed E-state index contributed by atoms with van der Waals surface area (Å²) in [4.78, 5) is 18.8. The number of carbonyl (C=O) groups is 1. The molecular weight excluding hydrogens is 236 g/mol. The van der Waals surface area contributed by atoms with Crippen molar-refractivity contribution in [1.29, 1.82) is 0 Å². The van der Waals surface area contributed by atoms with Gasteiger partial charge in [-0.1, -0.05) is 18.2 Å². The van der Waals surface area contributed by atoms with Gasteiger partial charge in [0.2, 0.25) is 5.91 Å². The number of amides is 1. The Labute approximate surface area is 114 Å². The number of nitrogens with zero attached hydrogens (tertiary/aromatic N) is 2. The molecule has 1 aromatic rings. The molecule has 1 unspecified atom stereocenters. The average molecular weight is 256 g/mol. The van der Waals surface area contributed by atoms with Crippen molar-refractivity contribution in [3.8, 4) is 0 Å². The zero-order valence-electron chi connectivity index (χ0n) is 11.2. The van der Waals surface area contributed by atoms with E-state index in [1.54, 1.807) is 6.20 Å². The summed E-state index contributed by atoms with van der Waals surface area (Å²) in [7, 11) is 0. The molecule has 0 bridgehead atoms. The second kappa shape index (κ2) is 5.55. The van der Waals surface area contributed by atoms with Gasteiger partial charge in [-0.3, -0.25) is 9.78 Å². The van der Waals surface area contributed by atoms with E-state index in [1.807, 2.05) is 23.1 Å². The summed E-state index contributed by atoms with van der Waals surface area (Å²) in [6.45, 7) is 0.667. The van der Waals surface area contributed by atoms with Crippen molar-refractivity contribution < 1.29 is 4.79 Å². The van der Waals surface area contributed by atoms with Crippen molar-refractivity contribution in [2.75, 3.05) is 0 Å². The van der Waals surface area contributed by atoms with E-state index in [4.69, 9.17) is 0 Å². The molecular formula is C16H20N2O. The van der Waals surface area contributed by atoms with Crippen LogP contribution in [0.25, 0.3) is 0 Å². The summed E-state index contributed by atoms with van der Waals surface area (Å²) in [5.74, 6) is 0.752. The van der Waals surface area contributed by atoms with Gasteiger partial charge < -0.3 is 4.90 Å². The summed E-state index contributed by atoms with van der Waals surface area (Å²) in [6, 6.07) is 6.35. The molecule has 3 nitrogen and oxygen atoms in total. The molecule has 1 atom stereocenters. The van der Waals surface area contributed by atoms with Crippen LogP contribution in [0.4, 0.5) is 0 Å². The number of pyridine rings is 1. The van der Waals surface area contributed by atoms with Crippen molar-refractivity contribution >= 4 is 5.91 Å². The van der Waals surface area contributed by atoms with Gasteiger partial charge in [-0.15, -0.1) is 0 Å². The minimum absolute atomic E-state index is 0.296. The molecule has 0 radical (unpaired) electrons. The number of rotatable bonds is 5. The molecule has 0 N–H and O–H groups in total. The minimum Gasteiger partial charge on any atom is -0.334 e. The van der Waals surface area contributed by atoms with Crippen molar-refractivity contribution in [2.45, 2.75) is 44.7 Å². The molecule has 0 aliphatic heterocycles. The van der Waals surface area contributed by atoms with Gasteiger partial charge in [0.1, 0.15) is 0 Å². The topological polar surface area (TPSA) is 33.2 Å². The van der Waals surface area contributed by atoms with Crippen LogP contribution in [0.5, 0.6) is 0 Å². The first-order valence-corrected chi connectivity index (χ1v) is 7.19. The Balaban J connectivity index is 1.63. The average Bonchev–Trinajstić information content (AvgIpc) is 3.15. The molecule has 0 aromatic carbocycles. The smallest absolute Gasteiger partial charge is 0.223 e. The molecule has 100 valence electrons. The molecule has 0 saturated heterocycles. The van der Waals surface area contributed by atoms with Crippen LogP contribution >= 0.6 is 0 Å². The largest absolute Gasteiger partial charge is 0.334 e. The summed E-state index contributed by atoms with van der Waals surface area (Å²) < 4.78 is 0. The second-order valence-corrected chi connectivity index (χ2v) is 5.54. The first-order valence-electron chi connectivity index (χ1n) is 7.19. The number of hydrogen-bond donors (Lipinski definition) is 0. The number of aromatic nitrogens is 1. The van der Waals surface area contributed by atoms with Crippen LogP contribution in [-0.2, 0) is 11.3 Å². The zero-order chi connectivity index (χ0) is 13.1. The number of hydrogen-bond acceptors (Lipinski definition) is 2. The molecule has 2 aliphatic carbocycles. The fraction of sp³-hybridized carbons (Fsp3) is 0.500. The summed E-state index contributed by atoms with van der Waals surface area (Å²) in [5, 5.41) is 0. The summed E-state index contributed by atoms with van der Waals surface area (Å²) in [6.07, 6.45) is 11.4. The zero-order valence-corrected chi connectivity index (χ0v) is 11.2. The standard InChI is InChI=1S/C16H20N2O/c19-16(11-13-5-1-2-6-13)18(15-8-9-15)12-14-7-3-4-10-17-14/h1,3-5,7,10,13,15H,2,6,8-9,11-12H2. The quantitative estimate of drug-likeness (QED) is 0.759. The predicted molar refractivity (Wildman–Crippen MR) is 74.3 cm³/mol. The molecule has 1 aromatic heterocycles. The highest BCUT2D eigenvalue weighted by Crippen LogP contribution is 2.30. The lowest BCUT2D eigenvalue weighted by atomic mass is 10.0. The Morgan fingerprint density at radius 1 is 1.32 bits per heavy atom. The molecule has 3 heteroatoms. The highest BCUT2D eigenvalue weighted by molar-refractivity contribution is 5.77. The third-order valence-electron chi connectivity index (χ3n) is 3.92. The van der Waals surface area contributed by atoms with Crippen molar-refractivity contribution in [3.05, 3.63) is 42.2 Å². The van der Waals surface area contributed by atoms with Gasteiger partial charge in [-0.25, -0.2) is 0 Å². The van der Waals surface area contributed by atoms with E-state index < -0.39 is 0 Å². The Bertz CT molecular complexity index is 465. The molecule has 1 fully saturated rings. The Hall–Kier alpha value is -1.64. The third-order valence-corrected chi connectivity index (χ3v) is 3.92. The lowest BCUT2D eigenvalue weighted by Gasteiger charge is -2.23. The van der Waals surface area contributed by atoms with Crippen LogP contribution in [0.2, 0.25) is 0 Å². The normalized spacial score (nSPS) is 21.6. The van der Waals surface area contributed by atoms with Gasteiger partial charge in [0.15, 0.2) is 0 Å². The first-order chi connectivity index (χ1) is 9.33. The molecule has 3 rings (SSSR count). The third kappa shape index (κ3) is 3.22. The van der Waals surface area contributed by atoms with E-state index in [2.05, 4.69) is 17.1 Å². The highest BCUT2D eigenvalue weighted by Gasteiger charge is 2.33. The van der Waals surface area contributed by atoms with Crippen LogP contribution in [0.3, 0.4) is 0 Å². The molecule has 1 heterocycles. The van der Waals surface area contributed by atoms with Gasteiger partial charge in [-0.05, 0) is 43.7 Å². The van der Waals surface area contributed by atoms with Gasteiger partial charge in [0, 0.05) is 18.7 Å². The minimum atomic E-state index is 0.296. The van der Waals surface area contributed by atoms with Crippen molar-refractivity contribution in [2.24, 2.45) is 5.92 Å². The van der Waals surface area contributed by atoms with Crippen LogP contribution < -0.4 is 0 Å². The van der Waals surface area contributed by atoms with E-state index >= 15 is 0 Å². The molecule has 1 amide bonds. The van der Waals surface area contributed by atoms with Crippen LogP contribution in [0.1, 0.15) is 37.8 Å². The first kappa shape index (κ1) is 12.4. The Morgan fingerprint density at radius 2 is 2.21 bits per heavy atom. The van der Waals surface area contributed by atoms with E-state index in [9.17, 15) is 4.79 Å². The number of allylic oxidation sites excluding steroid dienone is 2.